The number of aryl methyl sites for hydroxylation is 2. The van der Waals surface area contributed by atoms with E-state index in [-0.39, 0.29) is 12.2 Å². The Morgan fingerprint density at radius 3 is 2.26 bits per heavy atom. The molecule has 0 atom stereocenters. The molecule has 0 unspecified atom stereocenters. The van der Waals surface area contributed by atoms with Crippen LogP contribution in [-0.2, 0) is 19.3 Å². The van der Waals surface area contributed by atoms with Gasteiger partial charge in [-0.3, -0.25) is 18.9 Å². The van der Waals surface area contributed by atoms with Gasteiger partial charge in [0.05, 0.1) is 18.0 Å². The predicted octanol–water partition coefficient (Wildman–Crippen LogP) is 5.50. The molecule has 3 aromatic carbocycles. The maximum absolute atomic E-state index is 14.1. The second kappa shape index (κ2) is 12.6. The monoisotopic (exact) mass is 580 g/mol. The number of aromatic amines is 1. The van der Waals surface area contributed by atoms with Gasteiger partial charge in [-0.25, -0.2) is 9.78 Å². The molecule has 43 heavy (non-hydrogen) atoms. The first-order chi connectivity index (χ1) is 20.7. The van der Waals surface area contributed by atoms with Crippen molar-refractivity contribution >= 4 is 0 Å². The van der Waals surface area contributed by atoms with Crippen LogP contribution in [0.3, 0.4) is 0 Å². The molecular formula is C34H36N4O5. The van der Waals surface area contributed by atoms with E-state index in [1.165, 1.54) is 0 Å². The van der Waals surface area contributed by atoms with Crippen LogP contribution < -0.4 is 16.1 Å². The van der Waals surface area contributed by atoms with E-state index in [2.05, 4.69) is 17.1 Å². The SMILES string of the molecule is CCCc1nc(CC)n(-c2ccc(OC(C)(C)CO)cc2)c(=O)c1Cc1ccc(-c2ccccc2-c2noc(=O)[nH]2)cc1. The number of ether oxygens (including phenoxy) is 1. The molecule has 5 rings (SSSR count). The van der Waals surface area contributed by atoms with Crippen molar-refractivity contribution in [2.24, 2.45) is 0 Å². The highest BCUT2D eigenvalue weighted by molar-refractivity contribution is 5.80. The summed E-state index contributed by atoms with van der Waals surface area (Å²) in [4.78, 5) is 33.2. The fourth-order valence-electron chi connectivity index (χ4n) is 5.08. The third kappa shape index (κ3) is 6.52. The number of aliphatic hydroxyl groups is 1. The zero-order valence-corrected chi connectivity index (χ0v) is 24.9. The molecule has 0 saturated heterocycles. The van der Waals surface area contributed by atoms with Crippen molar-refractivity contribution in [2.45, 2.75) is 59.0 Å². The standard InChI is InChI=1S/C34H36N4O5/c1-5-9-29-28(32(40)38(30(6-2)35-29)24-16-18-25(19-17-24)42-34(3,4)21-39)20-22-12-14-23(15-13-22)26-10-7-8-11-27(26)31-36-33(41)43-37-31/h7-8,10-19,39H,5-6,9,20-21H2,1-4H3,(H,36,37,41). The lowest BCUT2D eigenvalue weighted by Gasteiger charge is -2.24. The van der Waals surface area contributed by atoms with Gasteiger partial charge in [-0.1, -0.05) is 74.0 Å². The van der Waals surface area contributed by atoms with Gasteiger partial charge in [-0.15, -0.1) is 0 Å². The van der Waals surface area contributed by atoms with Crippen LogP contribution in [0.15, 0.2) is 86.9 Å². The van der Waals surface area contributed by atoms with E-state index in [1.54, 1.807) is 4.57 Å². The van der Waals surface area contributed by atoms with Gasteiger partial charge in [-0.2, -0.15) is 0 Å². The highest BCUT2D eigenvalue weighted by Crippen LogP contribution is 2.30. The predicted molar refractivity (Wildman–Crippen MR) is 166 cm³/mol. The lowest BCUT2D eigenvalue weighted by Crippen LogP contribution is -2.32. The number of H-pyrrole nitrogens is 1. The van der Waals surface area contributed by atoms with Gasteiger partial charge in [0, 0.05) is 24.0 Å². The molecule has 2 aromatic heterocycles. The minimum absolute atomic E-state index is 0.0796. The highest BCUT2D eigenvalue weighted by atomic mass is 16.5. The second-order valence-corrected chi connectivity index (χ2v) is 11.1. The van der Waals surface area contributed by atoms with Crippen LogP contribution in [0.1, 0.15) is 56.8 Å². The molecule has 0 aliphatic heterocycles. The fourth-order valence-corrected chi connectivity index (χ4v) is 5.08. The summed E-state index contributed by atoms with van der Waals surface area (Å²) in [7, 11) is 0. The summed E-state index contributed by atoms with van der Waals surface area (Å²) in [5.74, 6) is 1.08. The van der Waals surface area contributed by atoms with Crippen molar-refractivity contribution in [3.8, 4) is 34.0 Å². The summed E-state index contributed by atoms with van der Waals surface area (Å²) >= 11 is 0. The molecule has 2 N–H and O–H groups in total. The molecule has 9 nitrogen and oxygen atoms in total. The minimum Gasteiger partial charge on any atom is -0.485 e. The van der Waals surface area contributed by atoms with Crippen LogP contribution in [0.25, 0.3) is 28.2 Å². The van der Waals surface area contributed by atoms with Crippen LogP contribution in [0, 0.1) is 0 Å². The van der Waals surface area contributed by atoms with Crippen molar-refractivity contribution in [3.05, 3.63) is 116 Å². The maximum atomic E-state index is 14.1. The Morgan fingerprint density at radius 2 is 1.65 bits per heavy atom. The zero-order chi connectivity index (χ0) is 30.6. The van der Waals surface area contributed by atoms with E-state index in [1.807, 2.05) is 93.6 Å². The van der Waals surface area contributed by atoms with Gasteiger partial charge in [0.1, 0.15) is 17.2 Å². The van der Waals surface area contributed by atoms with Crippen molar-refractivity contribution in [3.63, 3.8) is 0 Å². The van der Waals surface area contributed by atoms with Gasteiger partial charge in [0.2, 0.25) is 0 Å². The molecule has 222 valence electrons. The first-order valence-corrected chi connectivity index (χ1v) is 14.5. The number of aliphatic hydroxyl groups excluding tert-OH is 1. The van der Waals surface area contributed by atoms with Crippen LogP contribution in [0.4, 0.5) is 0 Å². The third-order valence-corrected chi connectivity index (χ3v) is 7.27. The topological polar surface area (TPSA) is 123 Å². The molecule has 0 saturated carbocycles. The summed E-state index contributed by atoms with van der Waals surface area (Å²) in [6.45, 7) is 7.60. The quantitative estimate of drug-likeness (QED) is 0.212. The summed E-state index contributed by atoms with van der Waals surface area (Å²) < 4.78 is 12.3. The van der Waals surface area contributed by atoms with Crippen molar-refractivity contribution in [2.75, 3.05) is 6.61 Å². The summed E-state index contributed by atoms with van der Waals surface area (Å²) in [6, 6.07) is 23.0. The summed E-state index contributed by atoms with van der Waals surface area (Å²) in [6.07, 6.45) is 2.63. The van der Waals surface area contributed by atoms with Crippen LogP contribution >= 0.6 is 0 Å². The molecule has 2 heterocycles. The average Bonchev–Trinajstić information content (AvgIpc) is 3.45. The molecular weight excluding hydrogens is 544 g/mol. The van der Waals surface area contributed by atoms with Crippen LogP contribution in [0.2, 0.25) is 0 Å². The molecule has 9 heteroatoms. The Labute approximate surface area is 249 Å². The lowest BCUT2D eigenvalue weighted by atomic mass is 9.96. The second-order valence-electron chi connectivity index (χ2n) is 11.1. The van der Waals surface area contributed by atoms with E-state index in [9.17, 15) is 14.7 Å². The number of benzene rings is 3. The number of hydrogen-bond acceptors (Lipinski definition) is 7. The van der Waals surface area contributed by atoms with Gasteiger partial charge < -0.3 is 9.84 Å². The molecule has 0 radical (unpaired) electrons. The van der Waals surface area contributed by atoms with Gasteiger partial charge in [-0.05, 0) is 61.2 Å². The molecule has 0 amide bonds. The van der Waals surface area contributed by atoms with E-state index >= 15 is 0 Å². The third-order valence-electron chi connectivity index (χ3n) is 7.27. The maximum Gasteiger partial charge on any atom is 0.439 e. The van der Waals surface area contributed by atoms with E-state index in [4.69, 9.17) is 14.2 Å². The first-order valence-electron chi connectivity index (χ1n) is 14.5. The normalized spacial score (nSPS) is 11.6. The number of rotatable bonds is 11. The van der Waals surface area contributed by atoms with E-state index in [0.29, 0.717) is 47.9 Å². The van der Waals surface area contributed by atoms with Crippen molar-refractivity contribution in [1.29, 1.82) is 0 Å². The molecule has 0 fully saturated rings. The Morgan fingerprint density at radius 1 is 0.953 bits per heavy atom. The number of hydrogen-bond donors (Lipinski definition) is 2. The molecule has 5 aromatic rings. The first kappa shape index (κ1) is 29.7. The van der Waals surface area contributed by atoms with Crippen LogP contribution in [0.5, 0.6) is 5.75 Å². The highest BCUT2D eigenvalue weighted by Gasteiger charge is 2.20. The zero-order valence-electron chi connectivity index (χ0n) is 24.9. The fraction of sp³-hybridized carbons (Fsp3) is 0.294. The average molecular weight is 581 g/mol. The largest absolute Gasteiger partial charge is 0.485 e. The molecule has 0 bridgehead atoms. The number of aromatic nitrogens is 4. The number of nitrogens with zero attached hydrogens (tertiary/aromatic N) is 3. The summed E-state index contributed by atoms with van der Waals surface area (Å²) in [5.41, 5.74) is 5.01. The smallest absolute Gasteiger partial charge is 0.439 e. The van der Waals surface area contributed by atoms with Crippen molar-refractivity contribution in [1.82, 2.24) is 19.7 Å². The Hall–Kier alpha value is -4.76. The van der Waals surface area contributed by atoms with E-state index in [0.717, 1.165) is 34.4 Å². The lowest BCUT2D eigenvalue weighted by molar-refractivity contribution is 0.0412. The molecule has 0 spiro atoms. The van der Waals surface area contributed by atoms with E-state index < -0.39 is 11.4 Å². The van der Waals surface area contributed by atoms with Gasteiger partial charge in [0.25, 0.3) is 5.56 Å². The van der Waals surface area contributed by atoms with Gasteiger partial charge >= 0.3 is 5.76 Å². The van der Waals surface area contributed by atoms with Crippen LogP contribution in [-0.4, -0.2) is 37.0 Å². The Bertz CT molecular complexity index is 1820. The Kier molecular flexibility index (Phi) is 8.73. The number of nitrogens with one attached hydrogen (secondary N) is 1. The molecule has 0 aliphatic carbocycles. The molecule has 0 aliphatic rings. The summed E-state index contributed by atoms with van der Waals surface area (Å²) in [5, 5.41) is 13.4. The Balaban J connectivity index is 1.49. The minimum atomic E-state index is -0.712. The van der Waals surface area contributed by atoms with Gasteiger partial charge in [0.15, 0.2) is 5.82 Å². The van der Waals surface area contributed by atoms with Crippen molar-refractivity contribution < 1.29 is 14.4 Å².